The van der Waals surface area contributed by atoms with Gasteiger partial charge in [-0.25, -0.2) is 4.98 Å². The van der Waals surface area contributed by atoms with Crippen LogP contribution in [0.1, 0.15) is 11.3 Å². The van der Waals surface area contributed by atoms with Crippen LogP contribution in [0.5, 0.6) is 0 Å². The van der Waals surface area contributed by atoms with E-state index in [1.807, 2.05) is 6.92 Å². The minimum Gasteiger partial charge on any atom is -0.481 e. The molecule has 2 heterocycles. The second-order valence-corrected chi connectivity index (χ2v) is 4.21. The van der Waals surface area contributed by atoms with Gasteiger partial charge in [-0.2, -0.15) is 0 Å². The maximum absolute atomic E-state index is 10.7. The van der Waals surface area contributed by atoms with Crippen molar-refractivity contribution in [3.63, 3.8) is 0 Å². The Morgan fingerprint density at radius 2 is 2.29 bits per heavy atom. The van der Waals surface area contributed by atoms with Gasteiger partial charge in [-0.05, 0) is 19.1 Å². The number of anilines is 1. The summed E-state index contributed by atoms with van der Waals surface area (Å²) in [6, 6.07) is 0. The Kier molecular flexibility index (Phi) is 2.62. The molecule has 2 aromatic heterocycles. The average molecular weight is 252 g/mol. The Morgan fingerprint density at radius 3 is 2.88 bits per heavy atom. The lowest BCUT2D eigenvalue weighted by Crippen LogP contribution is -2.06. The van der Waals surface area contributed by atoms with E-state index in [-0.39, 0.29) is 6.42 Å². The molecule has 0 saturated carbocycles. The number of carboxylic acids is 1. The van der Waals surface area contributed by atoms with Crippen LogP contribution in [0.2, 0.25) is 0 Å². The van der Waals surface area contributed by atoms with Gasteiger partial charge in [-0.15, -0.1) is 0 Å². The molecule has 0 aromatic carbocycles. The summed E-state index contributed by atoms with van der Waals surface area (Å²) in [5.74, 6) is -0.515. The molecule has 6 nitrogen and oxygen atoms in total. The van der Waals surface area contributed by atoms with Gasteiger partial charge >= 0.3 is 5.97 Å². The highest BCUT2D eigenvalue weighted by molar-refractivity contribution is 7.71. The van der Waals surface area contributed by atoms with E-state index in [4.69, 9.17) is 23.1 Å². The highest BCUT2D eigenvalue weighted by atomic mass is 32.1. The standard InChI is InChI=1S/C10H12N4O2S/c1-5-8(11)12-10(17)14-4-6(3-7(15)16)13(2)9(5)14/h4H,3H2,1-2H3,(H,15,16)(H2,11,12,17). The van der Waals surface area contributed by atoms with E-state index in [1.165, 1.54) is 0 Å². The number of carboxylic acid groups (broad SMARTS) is 1. The lowest BCUT2D eigenvalue weighted by molar-refractivity contribution is -0.136. The van der Waals surface area contributed by atoms with Crippen molar-refractivity contribution in [3.8, 4) is 0 Å². The SMILES string of the molecule is Cc1c(N)nc(=S)n2cc(CC(=O)O)n(C)c12. The number of hydrogen-bond donors (Lipinski definition) is 2. The molecular formula is C10H12N4O2S. The van der Waals surface area contributed by atoms with Crippen LogP contribution < -0.4 is 5.73 Å². The number of nitrogens with two attached hydrogens (primary N) is 1. The lowest BCUT2D eigenvalue weighted by atomic mass is 10.3. The summed E-state index contributed by atoms with van der Waals surface area (Å²) < 4.78 is 3.78. The molecule has 17 heavy (non-hydrogen) atoms. The molecule has 0 bridgehead atoms. The zero-order valence-electron chi connectivity index (χ0n) is 9.47. The molecule has 0 saturated heterocycles. The molecule has 0 fully saturated rings. The van der Waals surface area contributed by atoms with Gasteiger partial charge in [-0.1, -0.05) is 0 Å². The Balaban J connectivity index is 2.82. The highest BCUT2D eigenvalue weighted by Gasteiger charge is 2.13. The number of aryl methyl sites for hydroxylation is 2. The monoisotopic (exact) mass is 252 g/mol. The summed E-state index contributed by atoms with van der Waals surface area (Å²) in [4.78, 5) is 14.8. The van der Waals surface area contributed by atoms with E-state index < -0.39 is 5.97 Å². The third kappa shape index (κ3) is 1.78. The Labute approximate surface area is 102 Å². The molecule has 2 aromatic rings. The van der Waals surface area contributed by atoms with Crippen molar-refractivity contribution >= 4 is 29.7 Å². The Hall–Kier alpha value is -1.89. The first-order valence-electron chi connectivity index (χ1n) is 4.96. The Bertz CT molecular complexity index is 671. The van der Waals surface area contributed by atoms with Crippen molar-refractivity contribution < 1.29 is 9.90 Å². The van der Waals surface area contributed by atoms with E-state index in [1.54, 1.807) is 22.2 Å². The van der Waals surface area contributed by atoms with Gasteiger partial charge in [0.15, 0.2) is 0 Å². The van der Waals surface area contributed by atoms with Crippen LogP contribution in [0, 0.1) is 11.7 Å². The molecule has 0 amide bonds. The number of carbonyl (C=O) groups is 1. The molecule has 0 radical (unpaired) electrons. The predicted molar refractivity (Wildman–Crippen MR) is 65.5 cm³/mol. The van der Waals surface area contributed by atoms with Crippen molar-refractivity contribution in [3.05, 3.63) is 22.2 Å². The first-order chi connectivity index (χ1) is 7.91. The third-order valence-electron chi connectivity index (χ3n) is 2.73. The van der Waals surface area contributed by atoms with Crippen LogP contribution in [-0.2, 0) is 18.3 Å². The van der Waals surface area contributed by atoms with Crippen LogP contribution in [-0.4, -0.2) is 25.0 Å². The fourth-order valence-electron chi connectivity index (χ4n) is 1.85. The number of aromatic nitrogens is 3. The second kappa shape index (κ2) is 3.85. The van der Waals surface area contributed by atoms with Crippen LogP contribution in [0.3, 0.4) is 0 Å². The minimum atomic E-state index is -0.888. The van der Waals surface area contributed by atoms with Crippen LogP contribution >= 0.6 is 12.2 Å². The molecule has 0 aliphatic carbocycles. The molecule has 0 aliphatic heterocycles. The average Bonchev–Trinajstić information content (AvgIpc) is 2.53. The normalized spacial score (nSPS) is 10.9. The van der Waals surface area contributed by atoms with Gasteiger partial charge in [0, 0.05) is 24.5 Å². The maximum atomic E-state index is 10.7. The van der Waals surface area contributed by atoms with Crippen molar-refractivity contribution in [2.45, 2.75) is 13.3 Å². The highest BCUT2D eigenvalue weighted by Crippen LogP contribution is 2.18. The summed E-state index contributed by atoms with van der Waals surface area (Å²) >= 11 is 5.10. The van der Waals surface area contributed by atoms with E-state index in [0.29, 0.717) is 16.3 Å². The largest absolute Gasteiger partial charge is 0.481 e. The van der Waals surface area contributed by atoms with Crippen molar-refractivity contribution in [2.24, 2.45) is 7.05 Å². The number of imidazole rings is 1. The van der Waals surface area contributed by atoms with E-state index >= 15 is 0 Å². The Morgan fingerprint density at radius 1 is 1.65 bits per heavy atom. The maximum Gasteiger partial charge on any atom is 0.309 e. The second-order valence-electron chi connectivity index (χ2n) is 3.85. The fourth-order valence-corrected chi connectivity index (χ4v) is 2.08. The van der Waals surface area contributed by atoms with E-state index in [9.17, 15) is 4.79 Å². The first kappa shape index (κ1) is 11.6. The van der Waals surface area contributed by atoms with Crippen LogP contribution in [0.25, 0.3) is 5.65 Å². The van der Waals surface area contributed by atoms with Crippen molar-refractivity contribution in [1.29, 1.82) is 0 Å². The zero-order chi connectivity index (χ0) is 12.7. The van der Waals surface area contributed by atoms with Crippen LogP contribution in [0.4, 0.5) is 5.82 Å². The van der Waals surface area contributed by atoms with Gasteiger partial charge in [-0.3, -0.25) is 9.20 Å². The topological polar surface area (TPSA) is 85.5 Å². The molecule has 2 rings (SSSR count). The number of nitrogen functional groups attached to an aromatic ring is 1. The molecule has 0 aliphatic rings. The molecule has 90 valence electrons. The number of rotatable bonds is 2. The lowest BCUT2D eigenvalue weighted by Gasteiger charge is -2.05. The van der Waals surface area contributed by atoms with Gasteiger partial charge in [0.1, 0.15) is 11.5 Å². The predicted octanol–water partition coefficient (Wildman–Crippen LogP) is 0.920. The summed E-state index contributed by atoms with van der Waals surface area (Å²) in [5, 5.41) is 8.82. The van der Waals surface area contributed by atoms with Gasteiger partial charge in [0.2, 0.25) is 4.77 Å². The first-order valence-corrected chi connectivity index (χ1v) is 5.37. The zero-order valence-corrected chi connectivity index (χ0v) is 10.3. The van der Waals surface area contributed by atoms with Gasteiger partial charge in [0.25, 0.3) is 0 Å². The van der Waals surface area contributed by atoms with E-state index in [0.717, 1.165) is 11.2 Å². The summed E-state index contributed by atoms with van der Waals surface area (Å²) in [7, 11) is 1.79. The fraction of sp³-hybridized carbons (Fsp3) is 0.300. The summed E-state index contributed by atoms with van der Waals surface area (Å²) in [5.41, 5.74) is 7.96. The van der Waals surface area contributed by atoms with Crippen molar-refractivity contribution in [2.75, 3.05) is 5.73 Å². The van der Waals surface area contributed by atoms with Gasteiger partial charge < -0.3 is 15.4 Å². The number of fused-ring (bicyclic) bond motifs is 1. The molecule has 3 N–H and O–H groups in total. The smallest absolute Gasteiger partial charge is 0.309 e. The number of hydrogen-bond acceptors (Lipinski definition) is 4. The van der Waals surface area contributed by atoms with Crippen LogP contribution in [0.15, 0.2) is 6.20 Å². The molecule has 0 unspecified atom stereocenters. The summed E-state index contributed by atoms with van der Waals surface area (Å²) in [6.07, 6.45) is 1.62. The number of nitrogens with zero attached hydrogens (tertiary/aromatic N) is 3. The number of aliphatic carboxylic acids is 1. The molecule has 0 atom stereocenters. The van der Waals surface area contributed by atoms with Crippen molar-refractivity contribution in [1.82, 2.24) is 14.0 Å². The van der Waals surface area contributed by atoms with Gasteiger partial charge in [0.05, 0.1) is 6.42 Å². The van der Waals surface area contributed by atoms with E-state index in [2.05, 4.69) is 4.98 Å². The molecular weight excluding hydrogens is 240 g/mol. The quantitative estimate of drug-likeness (QED) is 0.776. The third-order valence-corrected chi connectivity index (χ3v) is 3.02. The molecule has 7 heteroatoms. The molecule has 0 spiro atoms. The minimum absolute atomic E-state index is 0.0632. The summed E-state index contributed by atoms with van der Waals surface area (Å²) in [6.45, 7) is 1.83.